The molecule has 1 aliphatic carbocycles. The van der Waals surface area contributed by atoms with E-state index in [2.05, 4.69) is 21.9 Å². The van der Waals surface area contributed by atoms with Gasteiger partial charge >= 0.3 is 0 Å². The highest BCUT2D eigenvalue weighted by molar-refractivity contribution is 6.30. The first-order valence-electron chi connectivity index (χ1n) is 11.7. The predicted molar refractivity (Wildman–Crippen MR) is 131 cm³/mol. The van der Waals surface area contributed by atoms with Crippen LogP contribution >= 0.6 is 11.6 Å². The average Bonchev–Trinajstić information content (AvgIpc) is 3.22. The smallest absolute Gasteiger partial charge is 0.233 e. The molecule has 178 valence electrons. The summed E-state index contributed by atoms with van der Waals surface area (Å²) in [5, 5.41) is 9.98. The fraction of sp³-hybridized carbons (Fsp3) is 0.333. The minimum absolute atomic E-state index is 0.0340. The van der Waals surface area contributed by atoms with Crippen molar-refractivity contribution in [2.24, 2.45) is 11.8 Å². The first-order chi connectivity index (χ1) is 16.9. The normalized spacial score (nSPS) is 18.9. The lowest BCUT2D eigenvalue weighted by molar-refractivity contribution is 0.260. The minimum atomic E-state index is -1.70. The van der Waals surface area contributed by atoms with E-state index in [0.29, 0.717) is 51.4 Å². The van der Waals surface area contributed by atoms with Crippen LogP contribution in [0.4, 0.5) is 8.78 Å². The van der Waals surface area contributed by atoms with Gasteiger partial charge in [-0.05, 0) is 42.9 Å². The van der Waals surface area contributed by atoms with Crippen LogP contribution in [0, 0.1) is 29.0 Å². The van der Waals surface area contributed by atoms with Crippen LogP contribution in [0.3, 0.4) is 0 Å². The quantitative estimate of drug-likeness (QED) is 0.300. The summed E-state index contributed by atoms with van der Waals surface area (Å²) < 4.78 is 32.5. The molecular formula is C27H24ClF2N5. The number of alkyl halides is 1. The fourth-order valence-corrected chi connectivity index (χ4v) is 5.17. The van der Waals surface area contributed by atoms with E-state index in [9.17, 15) is 9.65 Å². The maximum atomic E-state index is 16.0. The number of rotatable bonds is 5. The van der Waals surface area contributed by atoms with E-state index in [4.69, 9.17) is 11.6 Å². The van der Waals surface area contributed by atoms with Gasteiger partial charge in [-0.3, -0.25) is 4.98 Å². The van der Waals surface area contributed by atoms with Crippen LogP contribution in [-0.4, -0.2) is 19.5 Å². The molecule has 35 heavy (non-hydrogen) atoms. The first-order valence-corrected chi connectivity index (χ1v) is 12.1. The third-order valence-electron chi connectivity index (χ3n) is 6.87. The highest BCUT2D eigenvalue weighted by Crippen LogP contribution is 2.38. The Labute approximate surface area is 207 Å². The molecule has 0 N–H and O–H groups in total. The molecule has 0 amide bonds. The molecule has 1 aliphatic rings. The number of fused-ring (bicyclic) bond motifs is 1. The Bertz CT molecular complexity index is 1420. The molecule has 0 saturated heterocycles. The maximum absolute atomic E-state index is 16.0. The van der Waals surface area contributed by atoms with Gasteiger partial charge in [0.2, 0.25) is 5.82 Å². The van der Waals surface area contributed by atoms with Crippen molar-refractivity contribution in [1.82, 2.24) is 19.5 Å². The van der Waals surface area contributed by atoms with Crippen molar-refractivity contribution in [1.29, 1.82) is 5.26 Å². The molecule has 5 nitrogen and oxygen atoms in total. The first kappa shape index (κ1) is 23.4. The van der Waals surface area contributed by atoms with Crippen molar-refractivity contribution in [2.45, 2.75) is 45.3 Å². The van der Waals surface area contributed by atoms with Gasteiger partial charge < -0.3 is 4.57 Å². The topological polar surface area (TPSA) is 67.4 Å². The summed E-state index contributed by atoms with van der Waals surface area (Å²) in [6, 6.07) is 11.2. The summed E-state index contributed by atoms with van der Waals surface area (Å²) in [5.74, 6) is 0.374. The summed E-state index contributed by atoms with van der Waals surface area (Å²) >= 11 is 6.20. The molecule has 0 radical (unpaired) electrons. The summed E-state index contributed by atoms with van der Waals surface area (Å²) in [5.41, 5.74) is 2.35. The highest BCUT2D eigenvalue weighted by atomic mass is 35.5. The Morgan fingerprint density at radius 1 is 1.14 bits per heavy atom. The van der Waals surface area contributed by atoms with E-state index in [0.717, 1.165) is 25.7 Å². The molecule has 0 spiro atoms. The number of nitrogens with zero attached hydrogens (tertiary/aromatic N) is 5. The molecule has 4 aromatic rings. The molecule has 3 aromatic heterocycles. The van der Waals surface area contributed by atoms with Crippen molar-refractivity contribution >= 4 is 22.6 Å². The van der Waals surface area contributed by atoms with E-state index >= 15 is 4.39 Å². The molecule has 3 heterocycles. The monoisotopic (exact) mass is 491 g/mol. The van der Waals surface area contributed by atoms with Crippen LogP contribution in [0.1, 0.15) is 55.9 Å². The van der Waals surface area contributed by atoms with Crippen LogP contribution in [0.25, 0.3) is 22.3 Å². The molecular weight excluding hydrogens is 468 g/mol. The van der Waals surface area contributed by atoms with Crippen molar-refractivity contribution in [3.63, 3.8) is 0 Å². The third kappa shape index (κ3) is 4.63. The van der Waals surface area contributed by atoms with Crippen LogP contribution in [0.2, 0.25) is 5.02 Å². The van der Waals surface area contributed by atoms with Crippen LogP contribution < -0.4 is 0 Å². The minimum Gasteiger partial charge on any atom is -0.338 e. The van der Waals surface area contributed by atoms with E-state index in [-0.39, 0.29) is 11.4 Å². The number of nitriles is 1. The summed E-state index contributed by atoms with van der Waals surface area (Å²) in [4.78, 5) is 13.0. The largest absolute Gasteiger partial charge is 0.338 e. The van der Waals surface area contributed by atoms with Gasteiger partial charge in [0.25, 0.3) is 0 Å². The molecule has 1 saturated carbocycles. The number of hydrogen-bond donors (Lipinski definition) is 0. The number of halogens is 3. The number of benzene rings is 1. The van der Waals surface area contributed by atoms with Gasteiger partial charge in [0.15, 0.2) is 6.17 Å². The Hall–Kier alpha value is -3.37. The van der Waals surface area contributed by atoms with Gasteiger partial charge in [-0.15, -0.1) is 0 Å². The summed E-state index contributed by atoms with van der Waals surface area (Å²) in [6.45, 7) is 2.81. The van der Waals surface area contributed by atoms with Crippen molar-refractivity contribution < 1.29 is 8.78 Å². The van der Waals surface area contributed by atoms with Crippen LogP contribution in [0.5, 0.6) is 0 Å². The van der Waals surface area contributed by atoms with Crippen LogP contribution in [-0.2, 0) is 6.54 Å². The predicted octanol–water partition coefficient (Wildman–Crippen LogP) is 7.04. The number of hydrogen-bond acceptors (Lipinski definition) is 4. The van der Waals surface area contributed by atoms with Gasteiger partial charge in [-0.1, -0.05) is 49.6 Å². The third-order valence-corrected chi connectivity index (χ3v) is 7.08. The second-order valence-electron chi connectivity index (χ2n) is 9.32. The average molecular weight is 492 g/mol. The zero-order valence-electron chi connectivity index (χ0n) is 19.3. The molecule has 1 aromatic carbocycles. The van der Waals surface area contributed by atoms with Crippen LogP contribution in [0.15, 0.2) is 48.8 Å². The zero-order valence-corrected chi connectivity index (χ0v) is 20.0. The van der Waals surface area contributed by atoms with Crippen molar-refractivity contribution in [3.05, 3.63) is 76.7 Å². The van der Waals surface area contributed by atoms with E-state index in [1.165, 1.54) is 18.3 Å². The second kappa shape index (κ2) is 9.71. The lowest BCUT2D eigenvalue weighted by Gasteiger charge is -2.28. The number of aromatic nitrogens is 4. The highest BCUT2D eigenvalue weighted by Gasteiger charge is 2.28. The molecule has 1 fully saturated rings. The van der Waals surface area contributed by atoms with Gasteiger partial charge in [-0.2, -0.15) is 5.26 Å². The standard InChI is InChI=1S/C27H24ClF2N5/c1-16-6-8-17(9-7-16)15-35-23(25(30)20-4-2-3-5-21(20)29)11-22-27(35)26(34-24(12-31)33-22)18-10-19(28)14-32-13-18/h2-5,10-11,13-14,16-17,25H,6-9,15H2,1H3/t16-,17-,25?. The molecule has 5 rings (SSSR count). The van der Waals surface area contributed by atoms with Gasteiger partial charge in [-0.25, -0.2) is 18.7 Å². The van der Waals surface area contributed by atoms with E-state index in [1.54, 1.807) is 30.5 Å². The second-order valence-corrected chi connectivity index (χ2v) is 9.76. The van der Waals surface area contributed by atoms with Crippen molar-refractivity contribution in [3.8, 4) is 17.3 Å². The summed E-state index contributed by atoms with van der Waals surface area (Å²) in [6.07, 6.45) is 5.71. The Morgan fingerprint density at radius 3 is 2.63 bits per heavy atom. The fourth-order valence-electron chi connectivity index (χ4n) is 5.00. The molecule has 8 heteroatoms. The van der Waals surface area contributed by atoms with Gasteiger partial charge in [0.05, 0.1) is 21.7 Å². The SMILES string of the molecule is C[C@H]1CC[C@H](Cn2c(C(F)c3ccccc3F)cc3nc(C#N)nc(-c4cncc(Cl)c4)c32)CC1. The Kier molecular flexibility index (Phi) is 6.48. The Balaban J connectivity index is 1.73. The zero-order chi connectivity index (χ0) is 24.5. The molecule has 1 atom stereocenters. The van der Waals surface area contributed by atoms with Crippen molar-refractivity contribution in [2.75, 3.05) is 0 Å². The lowest BCUT2D eigenvalue weighted by atomic mass is 9.83. The maximum Gasteiger partial charge on any atom is 0.233 e. The molecule has 1 unspecified atom stereocenters. The number of pyridine rings is 1. The van der Waals surface area contributed by atoms with E-state index < -0.39 is 12.0 Å². The lowest BCUT2D eigenvalue weighted by Crippen LogP contribution is -2.20. The summed E-state index contributed by atoms with van der Waals surface area (Å²) in [7, 11) is 0. The van der Waals surface area contributed by atoms with Gasteiger partial charge in [0.1, 0.15) is 17.6 Å². The molecule has 0 bridgehead atoms. The van der Waals surface area contributed by atoms with E-state index in [1.807, 2.05) is 10.6 Å². The van der Waals surface area contributed by atoms with Gasteiger partial charge in [0, 0.05) is 30.1 Å². The Morgan fingerprint density at radius 2 is 1.91 bits per heavy atom. The molecule has 0 aliphatic heterocycles.